The average molecular weight is 1150 g/mol. The molecule has 452 valence electrons. The van der Waals surface area contributed by atoms with Gasteiger partial charge < -0.3 is 20.3 Å². The molecule has 5 aromatic rings. The van der Waals surface area contributed by atoms with Crippen LogP contribution in [0, 0.1) is 47.3 Å². The first-order valence-corrected chi connectivity index (χ1v) is 30.8. The van der Waals surface area contributed by atoms with Crippen LogP contribution in [-0.2, 0) is 61.1 Å². The zero-order valence-corrected chi connectivity index (χ0v) is 50.7. The Balaban J connectivity index is 0.000000429. The second-order valence-corrected chi connectivity index (χ2v) is 23.4. The molecular formula is C72H95N3O9. The van der Waals surface area contributed by atoms with Crippen LogP contribution in [0.25, 0.3) is 0 Å². The van der Waals surface area contributed by atoms with Crippen LogP contribution in [0.15, 0.2) is 127 Å². The predicted molar refractivity (Wildman–Crippen MR) is 342 cm³/mol. The van der Waals surface area contributed by atoms with E-state index in [2.05, 4.69) is 34.6 Å². The van der Waals surface area contributed by atoms with Crippen molar-refractivity contribution in [3.05, 3.63) is 166 Å². The lowest BCUT2D eigenvalue weighted by atomic mass is 9.69. The summed E-state index contributed by atoms with van der Waals surface area (Å²) in [7, 11) is 0. The van der Waals surface area contributed by atoms with Crippen molar-refractivity contribution in [1.29, 1.82) is 0 Å². The molecule has 12 heteroatoms. The largest absolute Gasteiger partial charge is 0.489 e. The molecule has 2 saturated carbocycles. The highest BCUT2D eigenvalue weighted by molar-refractivity contribution is 6.01. The summed E-state index contributed by atoms with van der Waals surface area (Å²) in [5.74, 6) is -0.571. The first-order chi connectivity index (χ1) is 40.5. The van der Waals surface area contributed by atoms with Crippen molar-refractivity contribution in [2.24, 2.45) is 47.3 Å². The Morgan fingerprint density at radius 1 is 0.655 bits per heavy atom. The number of anilines is 3. The lowest BCUT2D eigenvalue weighted by molar-refractivity contribution is -0.132. The minimum atomic E-state index is -0.316. The van der Waals surface area contributed by atoms with Gasteiger partial charge in [0.05, 0.1) is 12.8 Å². The summed E-state index contributed by atoms with van der Waals surface area (Å²) in [5, 5.41) is 5.95. The van der Waals surface area contributed by atoms with Crippen molar-refractivity contribution >= 4 is 63.6 Å². The predicted octanol–water partition coefficient (Wildman–Crippen LogP) is 15.0. The van der Waals surface area contributed by atoms with Gasteiger partial charge in [-0.1, -0.05) is 140 Å². The number of hydrogen-bond donors (Lipinski definition) is 2. The second kappa shape index (κ2) is 30.8. The standard InChI is InChI=1S/C36H39NO5.C34H42N2O4.C2H6.4H2/c1-22-23(2)36(41)31(14-15-33(22)38)24(3)27-18-28-16-26(12-13-32(28)34(39)19-27)17-35(40)37-29-10-7-11-30(20-29)42-21-25-8-5-4-6-9-25;1-4-26-21-25(22-33(39)35-28-13-15-29(16-14-28)36-19-6-5-7-20-36)11-17-30(26)32(38)10-8-9-27-12-18-31(37)23(2)24(3)34(27)40;1-2;;;;/h4-13,16,20,22-24,27,31H,14-15,17-19,21H2,1-3H3,(H,37,40);8-9,11,13-17,21,23-24,27H,4-7,10,12,18-20,22H2,1-3H3,(H,35,39);1-2H3;4*1H/b;9-8+;;;;;. The minimum Gasteiger partial charge on any atom is -0.489 e. The van der Waals surface area contributed by atoms with Crippen LogP contribution >= 0.6 is 0 Å². The van der Waals surface area contributed by atoms with Gasteiger partial charge in [-0.05, 0) is 121 Å². The highest BCUT2D eigenvalue weighted by Crippen LogP contribution is 2.40. The minimum absolute atomic E-state index is 0. The fraction of sp³-hybridized carbons (Fsp3) is 0.444. The van der Waals surface area contributed by atoms with E-state index in [-0.39, 0.29) is 119 Å². The number of amides is 2. The number of ether oxygens (including phenoxy) is 1. The number of nitrogens with zero attached hydrogens (tertiary/aromatic N) is 1. The number of piperidine rings is 1. The highest BCUT2D eigenvalue weighted by atomic mass is 16.5. The van der Waals surface area contributed by atoms with Crippen LogP contribution in [-0.4, -0.2) is 59.6 Å². The second-order valence-electron chi connectivity index (χ2n) is 23.4. The summed E-state index contributed by atoms with van der Waals surface area (Å²) < 4.78 is 5.89. The molecule has 0 bridgehead atoms. The number of nitrogens with one attached hydrogen (secondary N) is 2. The molecule has 1 saturated heterocycles. The van der Waals surface area contributed by atoms with Crippen LogP contribution in [0.3, 0.4) is 0 Å². The summed E-state index contributed by atoms with van der Waals surface area (Å²) >= 11 is 0. The van der Waals surface area contributed by atoms with Crippen molar-refractivity contribution in [3.63, 3.8) is 0 Å². The fourth-order valence-corrected chi connectivity index (χ4v) is 12.2. The Labute approximate surface area is 503 Å². The molecule has 8 unspecified atom stereocenters. The third-order valence-corrected chi connectivity index (χ3v) is 17.8. The molecule has 0 radical (unpaired) electrons. The van der Waals surface area contributed by atoms with E-state index in [1.165, 1.54) is 24.9 Å². The molecule has 4 aliphatic rings. The van der Waals surface area contributed by atoms with E-state index in [1.54, 1.807) is 6.08 Å². The molecule has 5 aromatic carbocycles. The fourth-order valence-electron chi connectivity index (χ4n) is 12.2. The van der Waals surface area contributed by atoms with Crippen LogP contribution in [0.1, 0.15) is 167 Å². The van der Waals surface area contributed by atoms with Crippen molar-refractivity contribution in [3.8, 4) is 5.75 Å². The number of benzene rings is 5. The van der Waals surface area contributed by atoms with Gasteiger partial charge in [0.15, 0.2) is 11.6 Å². The molecule has 84 heavy (non-hydrogen) atoms. The van der Waals surface area contributed by atoms with E-state index < -0.39 is 0 Å². The Morgan fingerprint density at radius 2 is 1.29 bits per heavy atom. The first-order valence-electron chi connectivity index (χ1n) is 30.8. The van der Waals surface area contributed by atoms with Crippen LogP contribution in [0.5, 0.6) is 5.75 Å². The number of carbonyl (C=O) groups is 8. The number of ketones is 6. The summed E-state index contributed by atoms with van der Waals surface area (Å²) in [4.78, 5) is 105. The third-order valence-electron chi connectivity index (χ3n) is 17.8. The van der Waals surface area contributed by atoms with E-state index >= 15 is 0 Å². The molecule has 2 N–H and O–H groups in total. The van der Waals surface area contributed by atoms with Crippen molar-refractivity contribution in [1.82, 2.24) is 0 Å². The maximum Gasteiger partial charge on any atom is 0.228 e. The zero-order valence-electron chi connectivity index (χ0n) is 50.7. The molecular weight excluding hydrogens is 1050 g/mol. The molecule has 2 amide bonds. The van der Waals surface area contributed by atoms with Gasteiger partial charge in [-0.3, -0.25) is 38.4 Å². The van der Waals surface area contributed by atoms with Gasteiger partial charge in [-0.25, -0.2) is 0 Å². The van der Waals surface area contributed by atoms with Gasteiger partial charge in [0.25, 0.3) is 0 Å². The van der Waals surface area contributed by atoms with Gasteiger partial charge >= 0.3 is 0 Å². The first kappa shape index (κ1) is 64.0. The number of hydrogen-bond acceptors (Lipinski definition) is 10. The average Bonchev–Trinajstić information content (AvgIpc) is 3.89. The Morgan fingerprint density at radius 3 is 1.96 bits per heavy atom. The third kappa shape index (κ3) is 17.0. The normalized spacial score (nSPS) is 22.0. The van der Waals surface area contributed by atoms with Gasteiger partial charge in [0.1, 0.15) is 35.5 Å². The lowest BCUT2D eigenvalue weighted by Crippen LogP contribution is -2.35. The van der Waals surface area contributed by atoms with Gasteiger partial charge in [0.2, 0.25) is 11.8 Å². The highest BCUT2D eigenvalue weighted by Gasteiger charge is 2.41. The van der Waals surface area contributed by atoms with E-state index in [1.807, 2.05) is 158 Å². The zero-order chi connectivity index (χ0) is 60.5. The Kier molecular flexibility index (Phi) is 23.5. The molecule has 9 rings (SSSR count). The summed E-state index contributed by atoms with van der Waals surface area (Å²) in [6, 6.07) is 36.5. The number of allylic oxidation sites excluding steroid dienone is 2. The van der Waals surface area contributed by atoms with Crippen molar-refractivity contribution in [2.75, 3.05) is 28.6 Å². The van der Waals surface area contributed by atoms with Gasteiger partial charge in [0, 0.05) is 114 Å². The smallest absolute Gasteiger partial charge is 0.228 e. The maximum absolute atomic E-state index is 13.3. The summed E-state index contributed by atoms with van der Waals surface area (Å²) in [5.41, 5.74) is 8.59. The molecule has 0 aromatic heterocycles. The summed E-state index contributed by atoms with van der Waals surface area (Å²) in [6.45, 7) is 18.0. The lowest BCUT2D eigenvalue weighted by Gasteiger charge is -2.33. The monoisotopic (exact) mass is 1150 g/mol. The van der Waals surface area contributed by atoms with E-state index in [4.69, 9.17) is 4.74 Å². The SMILES string of the molecule is CC.CC1C(=O)CCC(C(C)C2CC(=O)c3ccc(CC(=O)Nc4cccc(OCc5ccccc5)c4)cc3C2)C(=O)C1C.CCc1cc(CC(=O)Nc2ccc(N3CCCCC3)cc2)ccc1C(=O)C/C=C/C1CCC(=O)C(C)C(C)C1=O.[HH].[HH].[HH].[HH]. The van der Waals surface area contributed by atoms with E-state index in [9.17, 15) is 38.4 Å². The molecule has 12 nitrogen and oxygen atoms in total. The topological polar surface area (TPSA) is 173 Å². The van der Waals surface area contributed by atoms with Crippen LogP contribution in [0.2, 0.25) is 0 Å². The van der Waals surface area contributed by atoms with Crippen molar-refractivity contribution < 1.29 is 48.8 Å². The number of aryl methyl sites for hydroxylation is 1. The molecule has 1 heterocycles. The number of fused-ring (bicyclic) bond motifs is 1. The quantitative estimate of drug-likeness (QED) is 0.0518. The number of rotatable bonds is 17. The number of Topliss-reactive ketones (excluding diaryl/α,β-unsaturated/α-hetero) is 6. The van der Waals surface area contributed by atoms with Crippen molar-refractivity contribution in [2.45, 2.75) is 145 Å². The maximum atomic E-state index is 13.3. The Bertz CT molecular complexity index is 3180. The molecule has 3 aliphatic carbocycles. The molecule has 3 fully saturated rings. The number of carbonyl (C=O) groups excluding carboxylic acids is 8. The van der Waals surface area contributed by atoms with Crippen LogP contribution < -0.4 is 20.3 Å². The van der Waals surface area contributed by atoms with Crippen LogP contribution in [0.4, 0.5) is 17.1 Å². The van der Waals surface area contributed by atoms with Gasteiger partial charge in [-0.2, -0.15) is 0 Å². The van der Waals surface area contributed by atoms with E-state index in [0.29, 0.717) is 74.1 Å². The summed E-state index contributed by atoms with van der Waals surface area (Å²) in [6.07, 6.45) is 11.6. The van der Waals surface area contributed by atoms with Gasteiger partial charge in [-0.15, -0.1) is 0 Å². The molecule has 1 aliphatic heterocycles. The molecule has 0 spiro atoms. The Hall–Kier alpha value is -7.60. The molecule has 8 atom stereocenters. The van der Waals surface area contributed by atoms with E-state index in [0.717, 1.165) is 46.6 Å².